The van der Waals surface area contributed by atoms with Crippen molar-refractivity contribution in [2.75, 3.05) is 19.6 Å². The van der Waals surface area contributed by atoms with E-state index in [0.29, 0.717) is 6.54 Å². The first-order valence-electron chi connectivity index (χ1n) is 6.17. The summed E-state index contributed by atoms with van der Waals surface area (Å²) in [4.78, 5) is 14.1. The molecule has 1 saturated heterocycles. The van der Waals surface area contributed by atoms with Gasteiger partial charge in [-0.2, -0.15) is 0 Å². The monoisotopic (exact) mass is 250 g/mol. The van der Waals surface area contributed by atoms with Gasteiger partial charge >= 0.3 is 0 Å². The van der Waals surface area contributed by atoms with Gasteiger partial charge < -0.3 is 20.4 Å². The Morgan fingerprint density at radius 1 is 1.44 bits per heavy atom. The van der Waals surface area contributed by atoms with Crippen LogP contribution in [0.15, 0.2) is 18.2 Å². The number of amides is 1. The third-order valence-electron chi connectivity index (χ3n) is 3.17. The molecule has 2 rings (SSSR count). The molecule has 0 unspecified atom stereocenters. The Bertz CT molecular complexity index is 444. The summed E-state index contributed by atoms with van der Waals surface area (Å²) in [6.07, 6.45) is 0.863. The molecule has 1 heterocycles. The van der Waals surface area contributed by atoms with Crippen molar-refractivity contribution >= 4 is 5.91 Å². The molecule has 18 heavy (non-hydrogen) atoms. The van der Waals surface area contributed by atoms with E-state index < -0.39 is 0 Å². The molecule has 0 saturated carbocycles. The predicted molar refractivity (Wildman–Crippen MR) is 67.8 cm³/mol. The van der Waals surface area contributed by atoms with Crippen molar-refractivity contribution in [3.8, 4) is 11.5 Å². The number of benzene rings is 1. The van der Waals surface area contributed by atoms with E-state index in [1.807, 2.05) is 6.92 Å². The summed E-state index contributed by atoms with van der Waals surface area (Å²) in [6, 6.07) is 4.64. The van der Waals surface area contributed by atoms with Crippen molar-refractivity contribution in [3.63, 3.8) is 0 Å². The molecule has 1 aliphatic heterocycles. The average Bonchev–Trinajstić information content (AvgIpc) is 2.29. The van der Waals surface area contributed by atoms with Gasteiger partial charge in [-0.3, -0.25) is 4.79 Å². The van der Waals surface area contributed by atoms with E-state index in [1.54, 1.807) is 11.0 Å². The Labute approximate surface area is 106 Å². The Morgan fingerprint density at radius 3 is 2.72 bits per heavy atom. The molecular formula is C13H18N2O3. The van der Waals surface area contributed by atoms with Crippen LogP contribution in [-0.4, -0.2) is 46.7 Å². The second kappa shape index (κ2) is 5.27. The van der Waals surface area contributed by atoms with Gasteiger partial charge in [-0.1, -0.05) is 13.0 Å². The van der Waals surface area contributed by atoms with E-state index in [0.717, 1.165) is 19.5 Å². The summed E-state index contributed by atoms with van der Waals surface area (Å²) in [7, 11) is 0. The Morgan fingerprint density at radius 2 is 2.17 bits per heavy atom. The Kier molecular flexibility index (Phi) is 3.72. The molecule has 0 spiro atoms. The van der Waals surface area contributed by atoms with Gasteiger partial charge in [0, 0.05) is 19.6 Å². The maximum absolute atomic E-state index is 12.4. The first-order chi connectivity index (χ1) is 8.65. The van der Waals surface area contributed by atoms with Crippen LogP contribution in [-0.2, 0) is 0 Å². The minimum atomic E-state index is -0.337. The number of phenolic OH excluding ortho intramolecular Hbond substituents is 2. The second-order valence-electron chi connectivity index (χ2n) is 4.48. The molecule has 0 radical (unpaired) electrons. The fourth-order valence-corrected chi connectivity index (χ4v) is 2.04. The van der Waals surface area contributed by atoms with Gasteiger partial charge in [0.25, 0.3) is 5.91 Å². The summed E-state index contributed by atoms with van der Waals surface area (Å²) in [6.45, 7) is 4.23. The van der Waals surface area contributed by atoms with Crippen LogP contribution in [0, 0.1) is 0 Å². The van der Waals surface area contributed by atoms with Crippen molar-refractivity contribution < 1.29 is 15.0 Å². The largest absolute Gasteiger partial charge is 0.504 e. The number of nitrogens with one attached hydrogen (secondary N) is 1. The van der Waals surface area contributed by atoms with E-state index in [-0.39, 0.29) is 29.0 Å². The predicted octanol–water partition coefficient (Wildman–Crippen LogP) is 0.922. The van der Waals surface area contributed by atoms with Crippen LogP contribution in [0.3, 0.4) is 0 Å². The van der Waals surface area contributed by atoms with Crippen LogP contribution in [0.5, 0.6) is 11.5 Å². The number of carbonyl (C=O) groups excluding carboxylic acids is 1. The van der Waals surface area contributed by atoms with E-state index in [4.69, 9.17) is 0 Å². The molecule has 0 aromatic heterocycles. The number of hydrogen-bond donors (Lipinski definition) is 3. The summed E-state index contributed by atoms with van der Waals surface area (Å²) >= 11 is 0. The number of aromatic hydroxyl groups is 2. The van der Waals surface area contributed by atoms with Crippen LogP contribution in [0.1, 0.15) is 23.7 Å². The lowest BCUT2D eigenvalue weighted by Crippen LogP contribution is -2.59. The topological polar surface area (TPSA) is 72.8 Å². The molecule has 0 atom stereocenters. The van der Waals surface area contributed by atoms with Crippen molar-refractivity contribution in [1.82, 2.24) is 10.2 Å². The fraction of sp³-hybridized carbons (Fsp3) is 0.462. The number of phenols is 2. The van der Waals surface area contributed by atoms with E-state index in [2.05, 4.69) is 5.32 Å². The molecule has 5 heteroatoms. The molecule has 3 N–H and O–H groups in total. The molecule has 1 fully saturated rings. The number of para-hydroxylation sites is 1. The van der Waals surface area contributed by atoms with Crippen molar-refractivity contribution in [1.29, 1.82) is 0 Å². The van der Waals surface area contributed by atoms with Gasteiger partial charge in [-0.05, 0) is 18.6 Å². The molecule has 1 aromatic carbocycles. The smallest absolute Gasteiger partial charge is 0.258 e. The van der Waals surface area contributed by atoms with Gasteiger partial charge in [0.2, 0.25) is 0 Å². The minimum Gasteiger partial charge on any atom is -0.504 e. The third kappa shape index (κ3) is 2.26. The van der Waals surface area contributed by atoms with Crippen molar-refractivity contribution in [2.45, 2.75) is 19.4 Å². The quantitative estimate of drug-likeness (QED) is 0.695. The summed E-state index contributed by atoms with van der Waals surface area (Å²) in [5.74, 6) is -0.823. The molecule has 1 amide bonds. The Balaban J connectivity index is 2.24. The van der Waals surface area contributed by atoms with Gasteiger partial charge in [-0.15, -0.1) is 0 Å². The summed E-state index contributed by atoms with van der Waals surface area (Å²) in [5, 5.41) is 22.3. The van der Waals surface area contributed by atoms with Crippen LogP contribution in [0.4, 0.5) is 0 Å². The molecule has 5 nitrogen and oxygen atoms in total. The number of hydrogen-bond acceptors (Lipinski definition) is 4. The van der Waals surface area contributed by atoms with Crippen molar-refractivity contribution in [3.05, 3.63) is 23.8 Å². The minimum absolute atomic E-state index is 0.162. The maximum Gasteiger partial charge on any atom is 0.258 e. The number of rotatable bonds is 4. The molecule has 1 aromatic rings. The maximum atomic E-state index is 12.4. The standard InChI is InChI=1S/C13H18N2O3/c1-2-6-15(9-7-14-8-9)13(18)10-4-3-5-11(16)12(10)17/h3-5,9,14,16-17H,2,6-8H2,1H3. The molecule has 1 aliphatic rings. The fourth-order valence-electron chi connectivity index (χ4n) is 2.04. The van der Waals surface area contributed by atoms with Crippen LogP contribution >= 0.6 is 0 Å². The number of nitrogens with zero attached hydrogens (tertiary/aromatic N) is 1. The molecule has 0 bridgehead atoms. The van der Waals surface area contributed by atoms with E-state index in [9.17, 15) is 15.0 Å². The zero-order valence-electron chi connectivity index (χ0n) is 10.4. The van der Waals surface area contributed by atoms with Crippen molar-refractivity contribution in [2.24, 2.45) is 0 Å². The second-order valence-corrected chi connectivity index (χ2v) is 4.48. The third-order valence-corrected chi connectivity index (χ3v) is 3.17. The number of carbonyl (C=O) groups is 1. The lowest BCUT2D eigenvalue weighted by atomic mass is 10.1. The first kappa shape index (κ1) is 12.7. The highest BCUT2D eigenvalue weighted by atomic mass is 16.3. The SMILES string of the molecule is CCCN(C(=O)c1cccc(O)c1O)C1CNC1. The van der Waals surface area contributed by atoms with Crippen LogP contribution in [0.2, 0.25) is 0 Å². The highest BCUT2D eigenvalue weighted by Crippen LogP contribution is 2.29. The van der Waals surface area contributed by atoms with Gasteiger partial charge in [0.1, 0.15) is 0 Å². The van der Waals surface area contributed by atoms with Gasteiger partial charge in [0.05, 0.1) is 11.6 Å². The summed E-state index contributed by atoms with van der Waals surface area (Å²) < 4.78 is 0. The normalized spacial score (nSPS) is 15.2. The highest BCUT2D eigenvalue weighted by molar-refractivity contribution is 5.97. The molecular weight excluding hydrogens is 232 g/mol. The van der Waals surface area contributed by atoms with Crippen LogP contribution in [0.25, 0.3) is 0 Å². The average molecular weight is 250 g/mol. The first-order valence-corrected chi connectivity index (χ1v) is 6.17. The van der Waals surface area contributed by atoms with Gasteiger partial charge in [0.15, 0.2) is 11.5 Å². The molecule has 98 valence electrons. The lowest BCUT2D eigenvalue weighted by molar-refractivity contribution is 0.0612. The highest BCUT2D eigenvalue weighted by Gasteiger charge is 2.30. The Hall–Kier alpha value is -1.75. The summed E-state index contributed by atoms with van der Waals surface area (Å²) in [5.41, 5.74) is 0.162. The van der Waals surface area contributed by atoms with Gasteiger partial charge in [-0.25, -0.2) is 0 Å². The lowest BCUT2D eigenvalue weighted by Gasteiger charge is -2.38. The van der Waals surface area contributed by atoms with E-state index >= 15 is 0 Å². The zero-order valence-corrected chi connectivity index (χ0v) is 10.4. The van der Waals surface area contributed by atoms with Crippen LogP contribution < -0.4 is 5.32 Å². The van der Waals surface area contributed by atoms with E-state index in [1.165, 1.54) is 12.1 Å². The molecule has 0 aliphatic carbocycles. The zero-order chi connectivity index (χ0) is 13.1.